The lowest BCUT2D eigenvalue weighted by molar-refractivity contribution is -0.353. The molecule has 4 rings (SSSR count). The average molecular weight is 457 g/mol. The minimum Gasteiger partial charge on any atom is -0.342 e. The van der Waals surface area contributed by atoms with Crippen LogP contribution in [0.3, 0.4) is 0 Å². The van der Waals surface area contributed by atoms with E-state index in [1.165, 1.54) is 0 Å². The number of rotatable bonds is 4. The number of imide groups is 1. The van der Waals surface area contributed by atoms with Gasteiger partial charge in [0.05, 0.1) is 36.5 Å². The topological polar surface area (TPSA) is 123 Å². The van der Waals surface area contributed by atoms with Crippen LogP contribution in [-0.4, -0.2) is 66.5 Å². The molecule has 2 fully saturated rings. The standard InChI is InChI=1S/C19H18F3N3O7/c20-19(21,22)32-11-5-9(6-11)14(26)23-24-15(27)18-30-7-10(8-31-18)25-16(28)12-3-1-2-4-13(12)17(25)29/h1-4,9-11,18H,5-8H2,(H,23,26)(H,24,27). The van der Waals surface area contributed by atoms with Crippen molar-refractivity contribution in [2.24, 2.45) is 5.92 Å². The van der Waals surface area contributed by atoms with E-state index in [1.807, 2.05) is 0 Å². The smallest absolute Gasteiger partial charge is 0.342 e. The van der Waals surface area contributed by atoms with Gasteiger partial charge in [-0.1, -0.05) is 12.1 Å². The predicted octanol–water partition coefficient (Wildman–Crippen LogP) is 0.487. The lowest BCUT2D eigenvalue weighted by atomic mass is 9.82. The number of hydrogen-bond donors (Lipinski definition) is 2. The van der Waals surface area contributed by atoms with Crippen molar-refractivity contribution in [3.63, 3.8) is 0 Å². The Morgan fingerprint density at radius 1 is 0.969 bits per heavy atom. The lowest BCUT2D eigenvalue weighted by Crippen LogP contribution is -2.56. The molecule has 1 saturated heterocycles. The number of carbonyl (C=O) groups excluding carboxylic acids is 4. The number of ether oxygens (including phenoxy) is 3. The number of hydrazine groups is 1. The van der Waals surface area contributed by atoms with Crippen LogP contribution in [0, 0.1) is 5.92 Å². The molecule has 172 valence electrons. The summed E-state index contributed by atoms with van der Waals surface area (Å²) in [7, 11) is 0. The molecule has 1 aromatic carbocycles. The summed E-state index contributed by atoms with van der Waals surface area (Å²) in [4.78, 5) is 50.0. The highest BCUT2D eigenvalue weighted by Gasteiger charge is 2.44. The first-order valence-electron chi connectivity index (χ1n) is 9.68. The molecule has 0 radical (unpaired) electrons. The fourth-order valence-electron chi connectivity index (χ4n) is 3.68. The first kappa shape index (κ1) is 22.2. The number of hydrogen-bond acceptors (Lipinski definition) is 7. The third kappa shape index (κ3) is 4.45. The van der Waals surface area contributed by atoms with Crippen LogP contribution in [0.4, 0.5) is 13.2 Å². The van der Waals surface area contributed by atoms with Crippen molar-refractivity contribution < 1.29 is 46.6 Å². The van der Waals surface area contributed by atoms with E-state index in [-0.39, 0.29) is 37.2 Å². The Hall–Kier alpha value is -3.03. The molecule has 32 heavy (non-hydrogen) atoms. The van der Waals surface area contributed by atoms with Crippen molar-refractivity contribution in [3.8, 4) is 0 Å². The van der Waals surface area contributed by atoms with Gasteiger partial charge in [0.25, 0.3) is 17.7 Å². The van der Waals surface area contributed by atoms with Gasteiger partial charge in [-0.2, -0.15) is 0 Å². The van der Waals surface area contributed by atoms with E-state index in [1.54, 1.807) is 24.3 Å². The molecule has 1 aliphatic carbocycles. The van der Waals surface area contributed by atoms with Gasteiger partial charge in [-0.3, -0.25) is 39.7 Å². The number of nitrogens with one attached hydrogen (secondary N) is 2. The highest BCUT2D eigenvalue weighted by molar-refractivity contribution is 6.21. The minimum atomic E-state index is -4.76. The van der Waals surface area contributed by atoms with Gasteiger partial charge in [0.15, 0.2) is 0 Å². The summed E-state index contributed by atoms with van der Waals surface area (Å²) >= 11 is 0. The molecular weight excluding hydrogens is 439 g/mol. The van der Waals surface area contributed by atoms with Crippen molar-refractivity contribution in [1.29, 1.82) is 0 Å². The number of benzene rings is 1. The van der Waals surface area contributed by atoms with Gasteiger partial charge in [0, 0.05) is 5.92 Å². The van der Waals surface area contributed by atoms with Gasteiger partial charge in [-0.25, -0.2) is 0 Å². The Morgan fingerprint density at radius 3 is 2.03 bits per heavy atom. The zero-order chi connectivity index (χ0) is 23.0. The molecule has 4 amide bonds. The second-order valence-electron chi connectivity index (χ2n) is 7.51. The fraction of sp³-hybridized carbons (Fsp3) is 0.474. The molecule has 0 aromatic heterocycles. The molecular formula is C19H18F3N3O7. The number of carbonyl (C=O) groups is 4. The molecule has 2 N–H and O–H groups in total. The molecule has 2 heterocycles. The number of amides is 4. The summed E-state index contributed by atoms with van der Waals surface area (Å²) in [5.74, 6) is -3.20. The van der Waals surface area contributed by atoms with Crippen LogP contribution >= 0.6 is 0 Å². The number of nitrogens with zero attached hydrogens (tertiary/aromatic N) is 1. The highest BCUT2D eigenvalue weighted by Crippen LogP contribution is 2.34. The molecule has 0 spiro atoms. The predicted molar refractivity (Wildman–Crippen MR) is 96.4 cm³/mol. The molecule has 0 unspecified atom stereocenters. The number of fused-ring (bicyclic) bond motifs is 1. The maximum atomic E-state index is 12.5. The average Bonchev–Trinajstić information content (AvgIpc) is 2.98. The minimum absolute atomic E-state index is 0.125. The Morgan fingerprint density at radius 2 is 1.50 bits per heavy atom. The summed E-state index contributed by atoms with van der Waals surface area (Å²) < 4.78 is 50.7. The molecule has 0 atom stereocenters. The van der Waals surface area contributed by atoms with Crippen molar-refractivity contribution in [1.82, 2.24) is 15.8 Å². The van der Waals surface area contributed by atoms with E-state index in [0.29, 0.717) is 0 Å². The van der Waals surface area contributed by atoms with Gasteiger partial charge >= 0.3 is 6.36 Å². The van der Waals surface area contributed by atoms with E-state index < -0.39 is 54.3 Å². The van der Waals surface area contributed by atoms with Crippen molar-refractivity contribution in [2.75, 3.05) is 13.2 Å². The summed E-state index contributed by atoms with van der Waals surface area (Å²) in [6.45, 7) is -0.312. The maximum absolute atomic E-state index is 12.5. The van der Waals surface area contributed by atoms with Crippen LogP contribution in [0.25, 0.3) is 0 Å². The van der Waals surface area contributed by atoms with E-state index >= 15 is 0 Å². The Kier molecular flexibility index (Phi) is 5.88. The van der Waals surface area contributed by atoms with Crippen LogP contribution < -0.4 is 10.9 Å². The fourth-order valence-corrected chi connectivity index (χ4v) is 3.68. The van der Waals surface area contributed by atoms with Crippen LogP contribution in [0.5, 0.6) is 0 Å². The van der Waals surface area contributed by atoms with Crippen LogP contribution in [0.15, 0.2) is 24.3 Å². The van der Waals surface area contributed by atoms with Gasteiger partial charge in [-0.15, -0.1) is 13.2 Å². The van der Waals surface area contributed by atoms with Crippen molar-refractivity contribution >= 4 is 23.6 Å². The second-order valence-corrected chi connectivity index (χ2v) is 7.51. The monoisotopic (exact) mass is 457 g/mol. The van der Waals surface area contributed by atoms with Gasteiger partial charge in [-0.05, 0) is 25.0 Å². The molecule has 0 bridgehead atoms. The maximum Gasteiger partial charge on any atom is 0.522 e. The van der Waals surface area contributed by atoms with E-state index in [9.17, 15) is 32.3 Å². The van der Waals surface area contributed by atoms with E-state index in [0.717, 1.165) is 4.90 Å². The van der Waals surface area contributed by atoms with Gasteiger partial charge < -0.3 is 9.47 Å². The SMILES string of the molecule is O=C(NNC(=O)C1OCC(N2C(=O)c3ccccc3C2=O)CO1)C1CC(OC(F)(F)F)C1. The molecule has 1 aromatic rings. The van der Waals surface area contributed by atoms with Gasteiger partial charge in [0.1, 0.15) is 0 Å². The molecule has 1 saturated carbocycles. The molecule has 13 heteroatoms. The third-order valence-corrected chi connectivity index (χ3v) is 5.36. The Labute approximate surface area is 178 Å². The Bertz CT molecular complexity index is 905. The molecule has 3 aliphatic rings. The summed E-state index contributed by atoms with van der Waals surface area (Å²) in [6, 6.07) is 5.63. The quantitative estimate of drug-likeness (QED) is 0.498. The van der Waals surface area contributed by atoms with Crippen molar-refractivity contribution in [3.05, 3.63) is 35.4 Å². The second kappa shape index (κ2) is 8.48. The summed E-state index contributed by atoms with van der Waals surface area (Å²) in [5.41, 5.74) is 4.74. The number of halogens is 3. The van der Waals surface area contributed by atoms with Crippen LogP contribution in [0.1, 0.15) is 33.6 Å². The largest absolute Gasteiger partial charge is 0.522 e. The van der Waals surface area contributed by atoms with Crippen LogP contribution in [-0.2, 0) is 23.8 Å². The highest BCUT2D eigenvalue weighted by atomic mass is 19.4. The zero-order valence-electron chi connectivity index (χ0n) is 16.4. The Balaban J connectivity index is 1.21. The number of alkyl halides is 3. The first-order chi connectivity index (χ1) is 15.1. The van der Waals surface area contributed by atoms with Gasteiger partial charge in [0.2, 0.25) is 12.2 Å². The third-order valence-electron chi connectivity index (χ3n) is 5.36. The molecule has 2 aliphatic heterocycles. The molecule has 10 nitrogen and oxygen atoms in total. The lowest BCUT2D eigenvalue weighted by Gasteiger charge is -2.34. The van der Waals surface area contributed by atoms with E-state index in [4.69, 9.17) is 9.47 Å². The normalized spacial score (nSPS) is 27.5. The zero-order valence-corrected chi connectivity index (χ0v) is 16.4. The van der Waals surface area contributed by atoms with Crippen LogP contribution in [0.2, 0.25) is 0 Å². The summed E-state index contributed by atoms with van der Waals surface area (Å²) in [5, 5.41) is 0. The first-order valence-corrected chi connectivity index (χ1v) is 9.68. The van der Waals surface area contributed by atoms with Crippen molar-refractivity contribution in [2.45, 2.75) is 37.6 Å². The van der Waals surface area contributed by atoms with E-state index in [2.05, 4.69) is 15.6 Å². The summed E-state index contributed by atoms with van der Waals surface area (Å²) in [6.07, 6.45) is -7.50.